The zero-order valence-electron chi connectivity index (χ0n) is 16.3. The van der Waals surface area contributed by atoms with Crippen molar-refractivity contribution < 1.29 is 4.79 Å². The van der Waals surface area contributed by atoms with E-state index in [9.17, 15) is 4.79 Å². The van der Waals surface area contributed by atoms with Gasteiger partial charge in [0.1, 0.15) is 0 Å². The maximum absolute atomic E-state index is 12.0. The molecule has 1 aromatic carbocycles. The summed E-state index contributed by atoms with van der Waals surface area (Å²) in [7, 11) is 0. The van der Waals surface area contributed by atoms with E-state index >= 15 is 0 Å². The Hall–Kier alpha value is -0.840. The van der Waals surface area contributed by atoms with E-state index in [4.69, 9.17) is 35.4 Å². The molecule has 0 radical (unpaired) electrons. The van der Waals surface area contributed by atoms with E-state index in [1.165, 1.54) is 57.8 Å². The number of carbonyl (C=O) groups excluding carboxylic acids is 1. The first-order valence-corrected chi connectivity index (χ1v) is 11.2. The average molecular weight is 431 g/mol. The Balaban J connectivity index is 2.04. The monoisotopic (exact) mass is 430 g/mol. The molecule has 0 aliphatic carbocycles. The highest BCUT2D eigenvalue weighted by Gasteiger charge is 2.07. The maximum atomic E-state index is 12.0. The van der Waals surface area contributed by atoms with Crippen LogP contribution in [0.5, 0.6) is 0 Å². The lowest BCUT2D eigenvalue weighted by atomic mass is 10.1. The van der Waals surface area contributed by atoms with Gasteiger partial charge in [-0.1, -0.05) is 94.3 Å². The zero-order chi connectivity index (χ0) is 19.9. The van der Waals surface area contributed by atoms with Crippen LogP contribution in [0, 0.1) is 0 Å². The topological polar surface area (TPSA) is 41.1 Å². The molecular weight excluding hydrogens is 399 g/mol. The molecule has 0 heterocycles. The number of halogens is 2. The predicted molar refractivity (Wildman–Crippen MR) is 122 cm³/mol. The van der Waals surface area contributed by atoms with E-state index in [1.54, 1.807) is 18.2 Å². The summed E-state index contributed by atoms with van der Waals surface area (Å²) in [5, 5.41) is 6.90. The van der Waals surface area contributed by atoms with Gasteiger partial charge in [0, 0.05) is 11.4 Å². The molecule has 0 fully saturated rings. The van der Waals surface area contributed by atoms with Crippen LogP contribution in [0.2, 0.25) is 10.0 Å². The van der Waals surface area contributed by atoms with Crippen LogP contribution in [-0.4, -0.2) is 11.0 Å². The largest absolute Gasteiger partial charge is 0.331 e. The van der Waals surface area contributed by atoms with Crippen molar-refractivity contribution in [3.05, 3.63) is 28.2 Å². The fourth-order valence-electron chi connectivity index (χ4n) is 2.89. The molecule has 0 unspecified atom stereocenters. The lowest BCUT2D eigenvalue weighted by molar-refractivity contribution is -0.119. The minimum absolute atomic E-state index is 0.0680. The van der Waals surface area contributed by atoms with E-state index in [0.29, 0.717) is 22.2 Å². The molecule has 0 aliphatic heterocycles. The van der Waals surface area contributed by atoms with Crippen LogP contribution in [0.15, 0.2) is 18.2 Å². The van der Waals surface area contributed by atoms with Gasteiger partial charge < -0.3 is 10.6 Å². The van der Waals surface area contributed by atoms with Gasteiger partial charge in [0.2, 0.25) is 5.91 Å². The first-order chi connectivity index (χ1) is 13.0. The van der Waals surface area contributed by atoms with Crippen LogP contribution < -0.4 is 10.6 Å². The first-order valence-electron chi connectivity index (χ1n) is 10.1. The van der Waals surface area contributed by atoms with Crippen LogP contribution in [0.3, 0.4) is 0 Å². The number of rotatable bonds is 13. The number of thiocarbonyl (C=S) groups is 1. The summed E-state index contributed by atoms with van der Waals surface area (Å²) in [6.45, 7) is 2.25. The fraction of sp³-hybridized carbons (Fsp3) is 0.619. The van der Waals surface area contributed by atoms with Crippen LogP contribution in [0.1, 0.15) is 84.0 Å². The third-order valence-corrected chi connectivity index (χ3v) is 5.21. The normalized spacial score (nSPS) is 10.6. The second-order valence-electron chi connectivity index (χ2n) is 6.91. The van der Waals surface area contributed by atoms with Gasteiger partial charge >= 0.3 is 0 Å². The predicted octanol–water partition coefficient (Wildman–Crippen LogP) is 7.51. The van der Waals surface area contributed by atoms with E-state index in [-0.39, 0.29) is 11.0 Å². The molecule has 1 amide bonds. The molecule has 0 aliphatic rings. The van der Waals surface area contributed by atoms with Crippen molar-refractivity contribution in [3.8, 4) is 0 Å². The quantitative estimate of drug-likeness (QED) is 0.251. The number of benzene rings is 1. The highest BCUT2D eigenvalue weighted by molar-refractivity contribution is 7.80. The van der Waals surface area contributed by atoms with Gasteiger partial charge in [0.15, 0.2) is 5.11 Å². The van der Waals surface area contributed by atoms with Crippen molar-refractivity contribution in [1.29, 1.82) is 0 Å². The number of amides is 1. The Kier molecular flexibility index (Phi) is 13.6. The van der Waals surface area contributed by atoms with E-state index in [0.717, 1.165) is 12.8 Å². The van der Waals surface area contributed by atoms with Crippen LogP contribution in [0.4, 0.5) is 5.69 Å². The number of nitrogens with one attached hydrogen (secondary N) is 2. The standard InChI is InChI=1S/C21H32Cl2N2OS/c1-2-3-4-5-6-7-8-9-10-11-12-13-20(26)25-21(27)24-19-16-17(22)14-15-18(19)23/h14-16H,2-13H2,1H3,(H2,24,25,26,27). The molecule has 3 nitrogen and oxygen atoms in total. The van der Waals surface area contributed by atoms with Crippen molar-refractivity contribution in [1.82, 2.24) is 5.32 Å². The lowest BCUT2D eigenvalue weighted by Crippen LogP contribution is -2.34. The van der Waals surface area contributed by atoms with E-state index < -0.39 is 0 Å². The summed E-state index contributed by atoms with van der Waals surface area (Å²) in [4.78, 5) is 12.0. The summed E-state index contributed by atoms with van der Waals surface area (Å²) >= 11 is 17.2. The number of unbranched alkanes of at least 4 members (excludes halogenated alkanes) is 10. The molecule has 1 rings (SSSR count). The molecule has 152 valence electrons. The molecule has 1 aromatic rings. The Labute approximate surface area is 179 Å². The molecule has 0 saturated heterocycles. The molecule has 27 heavy (non-hydrogen) atoms. The molecule has 0 saturated carbocycles. The molecule has 0 atom stereocenters. The highest BCUT2D eigenvalue weighted by atomic mass is 35.5. The molecular formula is C21H32Cl2N2OS. The van der Waals surface area contributed by atoms with Crippen LogP contribution in [0.25, 0.3) is 0 Å². The van der Waals surface area contributed by atoms with Crippen LogP contribution >= 0.6 is 35.4 Å². The Bertz CT molecular complexity index is 581. The van der Waals surface area contributed by atoms with E-state index in [2.05, 4.69) is 17.6 Å². The molecule has 6 heteroatoms. The van der Waals surface area contributed by atoms with Gasteiger partial charge in [0.05, 0.1) is 10.7 Å². The molecule has 0 aromatic heterocycles. The maximum Gasteiger partial charge on any atom is 0.226 e. The smallest absolute Gasteiger partial charge is 0.226 e. The molecule has 0 bridgehead atoms. The second-order valence-corrected chi connectivity index (χ2v) is 8.16. The van der Waals surface area contributed by atoms with Gasteiger partial charge in [0.25, 0.3) is 0 Å². The van der Waals surface area contributed by atoms with Crippen molar-refractivity contribution in [2.24, 2.45) is 0 Å². The number of anilines is 1. The van der Waals surface area contributed by atoms with Gasteiger partial charge in [-0.25, -0.2) is 0 Å². The zero-order valence-corrected chi connectivity index (χ0v) is 18.6. The number of carbonyl (C=O) groups is 1. The third kappa shape index (κ3) is 12.3. The fourth-order valence-corrected chi connectivity index (χ4v) is 3.45. The summed E-state index contributed by atoms with van der Waals surface area (Å²) in [6.07, 6.45) is 14.4. The van der Waals surface area contributed by atoms with E-state index in [1.807, 2.05) is 0 Å². The molecule has 0 spiro atoms. The van der Waals surface area contributed by atoms with Crippen molar-refractivity contribution in [2.75, 3.05) is 5.32 Å². The number of hydrogen-bond donors (Lipinski definition) is 2. The number of hydrogen-bond acceptors (Lipinski definition) is 2. The van der Waals surface area contributed by atoms with Crippen molar-refractivity contribution >= 4 is 52.1 Å². The Morgan fingerprint density at radius 3 is 2.07 bits per heavy atom. The summed E-state index contributed by atoms with van der Waals surface area (Å²) in [5.74, 6) is -0.0680. The van der Waals surface area contributed by atoms with Crippen molar-refractivity contribution in [2.45, 2.75) is 84.0 Å². The van der Waals surface area contributed by atoms with Gasteiger partial charge in [-0.05, 0) is 36.8 Å². The minimum Gasteiger partial charge on any atom is -0.331 e. The van der Waals surface area contributed by atoms with Gasteiger partial charge in [-0.2, -0.15) is 0 Å². The SMILES string of the molecule is CCCCCCCCCCCCCC(=O)NC(=S)Nc1cc(Cl)ccc1Cl. The van der Waals surface area contributed by atoms with Crippen LogP contribution in [-0.2, 0) is 4.79 Å². The van der Waals surface area contributed by atoms with Gasteiger partial charge in [-0.15, -0.1) is 0 Å². The lowest BCUT2D eigenvalue weighted by Gasteiger charge is -2.11. The Morgan fingerprint density at radius 1 is 0.926 bits per heavy atom. The summed E-state index contributed by atoms with van der Waals surface area (Å²) < 4.78 is 0. The minimum atomic E-state index is -0.0680. The summed E-state index contributed by atoms with van der Waals surface area (Å²) in [6, 6.07) is 5.05. The van der Waals surface area contributed by atoms with Crippen molar-refractivity contribution in [3.63, 3.8) is 0 Å². The average Bonchev–Trinajstić information content (AvgIpc) is 2.62. The first kappa shape index (κ1) is 24.2. The third-order valence-electron chi connectivity index (χ3n) is 4.44. The summed E-state index contributed by atoms with van der Waals surface area (Å²) in [5.41, 5.74) is 0.587. The Morgan fingerprint density at radius 2 is 1.48 bits per heavy atom. The van der Waals surface area contributed by atoms with Gasteiger partial charge in [-0.3, -0.25) is 4.79 Å². The second kappa shape index (κ2) is 15.1. The molecule has 2 N–H and O–H groups in total. The highest BCUT2D eigenvalue weighted by Crippen LogP contribution is 2.25.